The van der Waals surface area contributed by atoms with E-state index in [0.717, 1.165) is 37.8 Å². The third-order valence-corrected chi connectivity index (χ3v) is 5.74. The number of benzene rings is 1. The molecule has 160 valence electrons. The van der Waals surface area contributed by atoms with Crippen molar-refractivity contribution in [3.63, 3.8) is 0 Å². The summed E-state index contributed by atoms with van der Waals surface area (Å²) in [7, 11) is 0. The van der Waals surface area contributed by atoms with Crippen LogP contribution in [-0.2, 0) is 12.8 Å². The highest BCUT2D eigenvalue weighted by molar-refractivity contribution is 6.42. The van der Waals surface area contributed by atoms with Crippen LogP contribution < -0.4 is 5.32 Å². The molecule has 0 aliphatic heterocycles. The predicted octanol–water partition coefficient (Wildman–Crippen LogP) is 7.62. The summed E-state index contributed by atoms with van der Waals surface area (Å²) in [6.07, 6.45) is 7.15. The Balaban J connectivity index is 2.03. The molecule has 2 aromatic heterocycles. The number of unbranched alkanes of at least 4 members (excludes halogenated alkanes) is 1. The summed E-state index contributed by atoms with van der Waals surface area (Å²) in [6.45, 7) is 6.13. The number of aryl methyl sites for hydroxylation is 3. The Morgan fingerprint density at radius 3 is 2.30 bits per heavy atom. The van der Waals surface area contributed by atoms with Crippen molar-refractivity contribution in [1.82, 2.24) is 19.7 Å². The monoisotopic (exact) mass is 485 g/mol. The summed E-state index contributed by atoms with van der Waals surface area (Å²) < 4.78 is 1.74. The molecule has 0 spiro atoms. The molecule has 0 aliphatic carbocycles. The summed E-state index contributed by atoms with van der Waals surface area (Å²) in [5, 5.41) is 9.41. The molecule has 5 nitrogen and oxygen atoms in total. The van der Waals surface area contributed by atoms with E-state index in [2.05, 4.69) is 29.1 Å². The number of aromatic nitrogens is 4. The van der Waals surface area contributed by atoms with Gasteiger partial charge in [-0.3, -0.25) is 0 Å². The van der Waals surface area contributed by atoms with Crippen LogP contribution in [0.2, 0.25) is 20.1 Å². The van der Waals surface area contributed by atoms with E-state index in [9.17, 15) is 0 Å². The zero-order chi connectivity index (χ0) is 21.8. The molecule has 30 heavy (non-hydrogen) atoms. The van der Waals surface area contributed by atoms with E-state index in [-0.39, 0.29) is 0 Å². The number of nitrogens with one attached hydrogen (secondary N) is 1. The van der Waals surface area contributed by atoms with E-state index in [1.54, 1.807) is 23.7 Å². The van der Waals surface area contributed by atoms with E-state index >= 15 is 0 Å². The topological polar surface area (TPSA) is 55.6 Å². The second-order valence-corrected chi connectivity index (χ2v) is 8.65. The highest BCUT2D eigenvalue weighted by atomic mass is 35.5. The van der Waals surface area contributed by atoms with Crippen LogP contribution in [0.15, 0.2) is 18.3 Å². The molecule has 0 saturated carbocycles. The lowest BCUT2D eigenvalue weighted by Gasteiger charge is -2.14. The van der Waals surface area contributed by atoms with Crippen LogP contribution in [-0.4, -0.2) is 19.7 Å². The average Bonchev–Trinajstić information content (AvgIpc) is 3.08. The third kappa shape index (κ3) is 5.20. The van der Waals surface area contributed by atoms with Crippen LogP contribution >= 0.6 is 46.4 Å². The molecule has 1 N–H and O–H groups in total. The van der Waals surface area contributed by atoms with Crippen molar-refractivity contribution in [3.8, 4) is 5.82 Å². The Kier molecular flexibility index (Phi) is 7.86. The maximum absolute atomic E-state index is 6.68. The first-order chi connectivity index (χ1) is 14.3. The molecule has 0 fully saturated rings. The van der Waals surface area contributed by atoms with Gasteiger partial charge in [0.05, 0.1) is 21.4 Å². The van der Waals surface area contributed by atoms with E-state index in [0.29, 0.717) is 43.2 Å². The minimum atomic E-state index is 0.329. The molecular weight excluding hydrogens is 464 g/mol. The number of rotatable bonds is 8. The van der Waals surface area contributed by atoms with Crippen molar-refractivity contribution in [2.75, 3.05) is 5.32 Å². The molecule has 3 aromatic rings. The second-order valence-electron chi connectivity index (χ2n) is 7.03. The van der Waals surface area contributed by atoms with Gasteiger partial charge in [0.25, 0.3) is 0 Å². The van der Waals surface area contributed by atoms with Gasteiger partial charge in [-0.1, -0.05) is 73.1 Å². The number of halogens is 4. The Hall–Kier alpha value is -1.53. The van der Waals surface area contributed by atoms with Crippen LogP contribution in [0.5, 0.6) is 0 Å². The summed E-state index contributed by atoms with van der Waals surface area (Å²) >= 11 is 25.3. The average molecular weight is 487 g/mol. The Bertz CT molecular complexity index is 1030. The van der Waals surface area contributed by atoms with E-state index in [4.69, 9.17) is 51.5 Å². The third-order valence-electron chi connectivity index (χ3n) is 4.58. The Morgan fingerprint density at radius 1 is 0.967 bits per heavy atom. The van der Waals surface area contributed by atoms with Crippen LogP contribution in [0.1, 0.15) is 50.2 Å². The Morgan fingerprint density at radius 2 is 1.67 bits per heavy atom. The van der Waals surface area contributed by atoms with Gasteiger partial charge in [0.15, 0.2) is 11.6 Å². The first-order valence-corrected chi connectivity index (χ1v) is 11.4. The van der Waals surface area contributed by atoms with Crippen molar-refractivity contribution in [2.45, 2.75) is 52.9 Å². The summed E-state index contributed by atoms with van der Waals surface area (Å²) in [5.74, 6) is 1.45. The second kappa shape index (κ2) is 10.2. The van der Waals surface area contributed by atoms with Crippen molar-refractivity contribution in [1.29, 1.82) is 0 Å². The largest absolute Gasteiger partial charge is 0.336 e. The molecule has 0 radical (unpaired) electrons. The fraction of sp³-hybridized carbons (Fsp3) is 0.381. The molecule has 0 saturated heterocycles. The maximum atomic E-state index is 6.68. The fourth-order valence-corrected chi connectivity index (χ4v) is 4.28. The van der Waals surface area contributed by atoms with Gasteiger partial charge in [0.2, 0.25) is 0 Å². The van der Waals surface area contributed by atoms with Gasteiger partial charge in [-0.15, -0.1) is 0 Å². The molecule has 0 bridgehead atoms. The molecular formula is C21H23Cl4N5. The van der Waals surface area contributed by atoms with Crippen LogP contribution in [0.4, 0.5) is 11.5 Å². The quantitative estimate of drug-likeness (QED) is 0.355. The van der Waals surface area contributed by atoms with Gasteiger partial charge in [0.1, 0.15) is 10.8 Å². The van der Waals surface area contributed by atoms with E-state index < -0.39 is 0 Å². The Labute approximate surface area is 196 Å². The number of hydrogen-bond donors (Lipinski definition) is 1. The summed E-state index contributed by atoms with van der Waals surface area (Å²) in [4.78, 5) is 8.96. The molecule has 0 unspecified atom stereocenters. The van der Waals surface area contributed by atoms with Gasteiger partial charge in [-0.05, 0) is 43.9 Å². The zero-order valence-electron chi connectivity index (χ0n) is 17.1. The fourth-order valence-electron chi connectivity index (χ4n) is 3.15. The number of hydrogen-bond acceptors (Lipinski definition) is 4. The lowest BCUT2D eigenvalue weighted by atomic mass is 10.1. The van der Waals surface area contributed by atoms with Crippen LogP contribution in [0.3, 0.4) is 0 Å². The normalized spacial score (nSPS) is 11.2. The highest BCUT2D eigenvalue weighted by Crippen LogP contribution is 2.37. The van der Waals surface area contributed by atoms with Crippen molar-refractivity contribution >= 4 is 57.9 Å². The van der Waals surface area contributed by atoms with Crippen LogP contribution in [0.25, 0.3) is 5.82 Å². The molecule has 0 atom stereocenters. The minimum Gasteiger partial charge on any atom is -0.336 e. The lowest BCUT2D eigenvalue weighted by molar-refractivity contribution is 0.738. The number of anilines is 2. The predicted molar refractivity (Wildman–Crippen MR) is 126 cm³/mol. The van der Waals surface area contributed by atoms with Gasteiger partial charge < -0.3 is 5.32 Å². The lowest BCUT2D eigenvalue weighted by Crippen LogP contribution is -2.07. The summed E-state index contributed by atoms with van der Waals surface area (Å²) in [5.41, 5.74) is 2.78. The summed E-state index contributed by atoms with van der Waals surface area (Å²) in [6, 6.07) is 3.20. The minimum absolute atomic E-state index is 0.329. The van der Waals surface area contributed by atoms with E-state index in [1.165, 1.54) is 5.56 Å². The molecule has 1 aromatic carbocycles. The SMILES string of the molecule is CCCCc1nn(-c2nc(C)nc(Nc3c(Cl)cc(Cl)cc3Cl)c2Cl)cc1CCC. The maximum Gasteiger partial charge on any atom is 0.177 e. The number of nitrogens with zero attached hydrogens (tertiary/aromatic N) is 4. The van der Waals surface area contributed by atoms with Gasteiger partial charge in [0, 0.05) is 11.2 Å². The van der Waals surface area contributed by atoms with Crippen LogP contribution in [0, 0.1) is 6.92 Å². The zero-order valence-corrected chi connectivity index (χ0v) is 20.1. The van der Waals surface area contributed by atoms with Crippen molar-refractivity contribution in [2.24, 2.45) is 0 Å². The van der Waals surface area contributed by atoms with E-state index in [1.807, 2.05) is 6.20 Å². The van der Waals surface area contributed by atoms with Crippen molar-refractivity contribution < 1.29 is 0 Å². The molecule has 0 aliphatic rings. The molecule has 2 heterocycles. The van der Waals surface area contributed by atoms with Gasteiger partial charge in [-0.25, -0.2) is 14.6 Å². The highest BCUT2D eigenvalue weighted by Gasteiger charge is 2.18. The first-order valence-electron chi connectivity index (χ1n) is 9.87. The van der Waals surface area contributed by atoms with Gasteiger partial charge in [-0.2, -0.15) is 5.10 Å². The standard InChI is InChI=1S/C21H23Cl4N5/c1-4-6-8-17-13(7-5-2)11-30(29-17)21-18(25)20(26-12(3)27-21)28-19-15(23)9-14(22)10-16(19)24/h9-11H,4-8H2,1-3H3,(H,26,27,28). The first kappa shape index (κ1) is 23.1. The molecule has 0 amide bonds. The molecule has 3 rings (SSSR count). The van der Waals surface area contributed by atoms with Gasteiger partial charge >= 0.3 is 0 Å². The smallest absolute Gasteiger partial charge is 0.177 e. The van der Waals surface area contributed by atoms with Crippen molar-refractivity contribution in [3.05, 3.63) is 55.5 Å². The molecule has 9 heteroatoms.